The van der Waals surface area contributed by atoms with Crippen LogP contribution in [0.3, 0.4) is 0 Å². The standard InChI is InChI=1S/C12H18ClNO/c1-4-5-11(14-2)9-6-7-12(15-3)10(13)8-9/h6-8,11,14H,4-5H2,1-3H3. The summed E-state index contributed by atoms with van der Waals surface area (Å²) < 4.78 is 5.12. The summed E-state index contributed by atoms with van der Waals surface area (Å²) in [5.41, 5.74) is 1.21. The van der Waals surface area contributed by atoms with Crippen molar-refractivity contribution in [2.75, 3.05) is 14.2 Å². The van der Waals surface area contributed by atoms with Gasteiger partial charge in [-0.3, -0.25) is 0 Å². The molecular weight excluding hydrogens is 210 g/mol. The van der Waals surface area contributed by atoms with E-state index in [9.17, 15) is 0 Å². The van der Waals surface area contributed by atoms with E-state index in [1.165, 1.54) is 5.56 Å². The van der Waals surface area contributed by atoms with Crippen molar-refractivity contribution in [1.29, 1.82) is 0 Å². The van der Waals surface area contributed by atoms with Gasteiger partial charge in [-0.05, 0) is 31.2 Å². The SMILES string of the molecule is CCCC(NC)c1ccc(OC)c(Cl)c1. The van der Waals surface area contributed by atoms with Crippen LogP contribution in [0.15, 0.2) is 18.2 Å². The van der Waals surface area contributed by atoms with E-state index in [2.05, 4.69) is 18.3 Å². The zero-order valence-corrected chi connectivity index (χ0v) is 10.3. The molecular formula is C12H18ClNO. The molecule has 1 aromatic rings. The Kier molecular flexibility index (Phi) is 4.92. The van der Waals surface area contributed by atoms with Gasteiger partial charge in [-0.15, -0.1) is 0 Å². The minimum atomic E-state index is 0.374. The molecule has 0 aliphatic heterocycles. The zero-order chi connectivity index (χ0) is 11.3. The highest BCUT2D eigenvalue weighted by Gasteiger charge is 2.10. The fraction of sp³-hybridized carbons (Fsp3) is 0.500. The maximum atomic E-state index is 6.08. The normalized spacial score (nSPS) is 12.5. The van der Waals surface area contributed by atoms with E-state index in [-0.39, 0.29) is 0 Å². The fourth-order valence-electron chi connectivity index (χ4n) is 1.67. The molecule has 0 heterocycles. The van der Waals surface area contributed by atoms with Crippen molar-refractivity contribution >= 4 is 11.6 Å². The number of ether oxygens (including phenoxy) is 1. The quantitative estimate of drug-likeness (QED) is 0.833. The molecule has 0 aliphatic rings. The summed E-state index contributed by atoms with van der Waals surface area (Å²) in [4.78, 5) is 0. The van der Waals surface area contributed by atoms with E-state index in [1.54, 1.807) is 7.11 Å². The van der Waals surface area contributed by atoms with Crippen LogP contribution >= 0.6 is 11.6 Å². The third-order valence-corrected chi connectivity index (χ3v) is 2.80. The monoisotopic (exact) mass is 227 g/mol. The smallest absolute Gasteiger partial charge is 0.137 e. The van der Waals surface area contributed by atoms with Gasteiger partial charge in [0.1, 0.15) is 5.75 Å². The van der Waals surface area contributed by atoms with Crippen molar-refractivity contribution in [2.45, 2.75) is 25.8 Å². The van der Waals surface area contributed by atoms with Crippen LogP contribution in [0.25, 0.3) is 0 Å². The van der Waals surface area contributed by atoms with Gasteiger partial charge in [-0.1, -0.05) is 31.0 Å². The van der Waals surface area contributed by atoms with Crippen LogP contribution in [0.4, 0.5) is 0 Å². The van der Waals surface area contributed by atoms with Crippen molar-refractivity contribution in [3.05, 3.63) is 28.8 Å². The molecule has 0 aromatic heterocycles. The van der Waals surface area contributed by atoms with Crippen molar-refractivity contribution in [3.63, 3.8) is 0 Å². The maximum absolute atomic E-state index is 6.08. The summed E-state index contributed by atoms with van der Waals surface area (Å²) >= 11 is 6.08. The second-order valence-electron chi connectivity index (χ2n) is 3.52. The first-order valence-electron chi connectivity index (χ1n) is 5.23. The molecule has 1 aromatic carbocycles. The van der Waals surface area contributed by atoms with Gasteiger partial charge in [0.15, 0.2) is 0 Å². The molecule has 84 valence electrons. The van der Waals surface area contributed by atoms with E-state index in [4.69, 9.17) is 16.3 Å². The number of rotatable bonds is 5. The Balaban J connectivity index is 2.89. The lowest BCUT2D eigenvalue weighted by Crippen LogP contribution is -2.15. The predicted molar refractivity (Wildman–Crippen MR) is 64.7 cm³/mol. The van der Waals surface area contributed by atoms with Crippen LogP contribution in [-0.2, 0) is 0 Å². The first-order chi connectivity index (χ1) is 7.22. The number of halogens is 1. The van der Waals surface area contributed by atoms with Crippen LogP contribution in [0.5, 0.6) is 5.75 Å². The average molecular weight is 228 g/mol. The first kappa shape index (κ1) is 12.3. The molecule has 1 unspecified atom stereocenters. The van der Waals surface area contributed by atoms with Gasteiger partial charge in [0.25, 0.3) is 0 Å². The van der Waals surface area contributed by atoms with Crippen molar-refractivity contribution in [1.82, 2.24) is 5.32 Å². The van der Waals surface area contributed by atoms with Gasteiger partial charge in [-0.2, -0.15) is 0 Å². The molecule has 0 bridgehead atoms. The van der Waals surface area contributed by atoms with E-state index < -0.39 is 0 Å². The summed E-state index contributed by atoms with van der Waals surface area (Å²) in [5, 5.41) is 3.96. The van der Waals surface area contributed by atoms with Gasteiger partial charge < -0.3 is 10.1 Å². The summed E-state index contributed by atoms with van der Waals surface area (Å²) in [6, 6.07) is 6.31. The largest absolute Gasteiger partial charge is 0.495 e. The van der Waals surface area contributed by atoms with E-state index >= 15 is 0 Å². The Bertz CT molecular complexity index is 314. The summed E-state index contributed by atoms with van der Waals surface area (Å²) in [7, 11) is 3.60. The number of benzene rings is 1. The van der Waals surface area contributed by atoms with Gasteiger partial charge in [0.2, 0.25) is 0 Å². The molecule has 0 radical (unpaired) electrons. The molecule has 1 N–H and O–H groups in total. The van der Waals surface area contributed by atoms with Crippen LogP contribution in [0, 0.1) is 0 Å². The van der Waals surface area contributed by atoms with Gasteiger partial charge in [-0.25, -0.2) is 0 Å². The lowest BCUT2D eigenvalue weighted by Gasteiger charge is -2.16. The molecule has 0 aliphatic carbocycles. The van der Waals surface area contributed by atoms with Gasteiger partial charge in [0.05, 0.1) is 12.1 Å². The Labute approximate surface area is 96.6 Å². The second kappa shape index (κ2) is 5.99. The molecule has 1 rings (SSSR count). The minimum absolute atomic E-state index is 0.374. The predicted octanol–water partition coefficient (Wildman–Crippen LogP) is 3.41. The number of nitrogens with one attached hydrogen (secondary N) is 1. The molecule has 0 amide bonds. The molecule has 2 nitrogen and oxygen atoms in total. The summed E-state index contributed by atoms with van der Waals surface area (Å²) in [6.07, 6.45) is 2.26. The number of hydrogen-bond donors (Lipinski definition) is 1. The Hall–Kier alpha value is -0.730. The Morgan fingerprint density at radius 3 is 2.67 bits per heavy atom. The summed E-state index contributed by atoms with van der Waals surface area (Å²) in [5.74, 6) is 0.728. The van der Waals surface area contributed by atoms with Crippen LogP contribution < -0.4 is 10.1 Å². The topological polar surface area (TPSA) is 21.3 Å². The van der Waals surface area contributed by atoms with Gasteiger partial charge in [0, 0.05) is 6.04 Å². The lowest BCUT2D eigenvalue weighted by atomic mass is 10.0. The van der Waals surface area contributed by atoms with Crippen molar-refractivity contribution in [3.8, 4) is 5.75 Å². The molecule has 0 fully saturated rings. The zero-order valence-electron chi connectivity index (χ0n) is 9.51. The summed E-state index contributed by atoms with van der Waals surface area (Å²) in [6.45, 7) is 2.18. The third kappa shape index (κ3) is 3.11. The van der Waals surface area contributed by atoms with Gasteiger partial charge >= 0.3 is 0 Å². The van der Waals surface area contributed by atoms with Crippen LogP contribution in [0.1, 0.15) is 31.4 Å². The van der Waals surface area contributed by atoms with E-state index in [0.717, 1.165) is 18.6 Å². The van der Waals surface area contributed by atoms with E-state index in [1.807, 2.05) is 19.2 Å². The highest BCUT2D eigenvalue weighted by atomic mass is 35.5. The van der Waals surface area contributed by atoms with Crippen LogP contribution in [0.2, 0.25) is 5.02 Å². The molecule has 0 saturated carbocycles. The lowest BCUT2D eigenvalue weighted by molar-refractivity contribution is 0.414. The van der Waals surface area contributed by atoms with Crippen molar-refractivity contribution < 1.29 is 4.74 Å². The Morgan fingerprint density at radius 1 is 1.47 bits per heavy atom. The second-order valence-corrected chi connectivity index (χ2v) is 3.93. The highest BCUT2D eigenvalue weighted by molar-refractivity contribution is 6.32. The molecule has 3 heteroatoms. The highest BCUT2D eigenvalue weighted by Crippen LogP contribution is 2.28. The first-order valence-corrected chi connectivity index (χ1v) is 5.61. The Morgan fingerprint density at radius 2 is 2.20 bits per heavy atom. The maximum Gasteiger partial charge on any atom is 0.137 e. The third-order valence-electron chi connectivity index (χ3n) is 2.50. The van der Waals surface area contributed by atoms with Crippen LogP contribution in [-0.4, -0.2) is 14.2 Å². The fourth-order valence-corrected chi connectivity index (χ4v) is 1.93. The number of methoxy groups -OCH3 is 1. The minimum Gasteiger partial charge on any atom is -0.495 e. The van der Waals surface area contributed by atoms with Crippen molar-refractivity contribution in [2.24, 2.45) is 0 Å². The average Bonchev–Trinajstić information content (AvgIpc) is 2.25. The molecule has 15 heavy (non-hydrogen) atoms. The molecule has 0 spiro atoms. The number of hydrogen-bond acceptors (Lipinski definition) is 2. The molecule has 1 atom stereocenters. The van der Waals surface area contributed by atoms with E-state index in [0.29, 0.717) is 11.1 Å². The molecule has 0 saturated heterocycles.